The van der Waals surface area contributed by atoms with Crippen LogP contribution in [0.4, 0.5) is 18.0 Å². The number of ether oxygens (including phenoxy) is 3. The van der Waals surface area contributed by atoms with E-state index < -0.39 is 98.8 Å². The molecule has 21 heteroatoms. The van der Waals surface area contributed by atoms with Crippen LogP contribution in [-0.2, 0) is 29.1 Å². The van der Waals surface area contributed by atoms with Gasteiger partial charge in [0.15, 0.2) is 6.04 Å². The number of allylic oxidation sites excluding steroid dienone is 1. The van der Waals surface area contributed by atoms with Crippen molar-refractivity contribution in [2.45, 2.75) is 145 Å². The summed E-state index contributed by atoms with van der Waals surface area (Å²) in [6.45, 7) is 9.02. The summed E-state index contributed by atoms with van der Waals surface area (Å²) in [6.07, 6.45) is -2.05. The molecule has 374 valence electrons. The van der Waals surface area contributed by atoms with Gasteiger partial charge in [-0.1, -0.05) is 26.0 Å². The molecule has 5 aliphatic rings. The van der Waals surface area contributed by atoms with Crippen LogP contribution in [0.5, 0.6) is 11.5 Å². The van der Waals surface area contributed by atoms with Gasteiger partial charge in [0, 0.05) is 48.2 Å². The summed E-state index contributed by atoms with van der Waals surface area (Å²) in [4.78, 5) is 68.6. The number of fused-ring (bicyclic) bond motifs is 2. The lowest BCUT2D eigenvalue weighted by molar-refractivity contribution is -0.200. The second-order valence-corrected chi connectivity index (χ2v) is 22.8. The van der Waals surface area contributed by atoms with Gasteiger partial charge >= 0.3 is 12.3 Å². The molecule has 3 aliphatic heterocycles. The second kappa shape index (κ2) is 19.5. The Hall–Kier alpha value is -5.28. The number of hydrogen-bond acceptors (Lipinski definition) is 12. The fourth-order valence-electron chi connectivity index (χ4n) is 10.00. The standard InChI is InChI=1S/C48H59F3N6O10S2/c1-27(2)66-33-14-12-30(13-15-33)35-22-34(23-36(53-35)42-52-18-20-68-42)67-38-24-37-41(58)54-47(44(60)55-69(63,64)46(5)16-17-46)25-31(47)10-7-6-9-28(3)21-29(4)39(43(59)57(37)40(38)48(49,50)51)56(45(61)62)32-11-8-19-65-26-32/h7,10,12-15,18,20,22-23,27-29,31-32,37-40H,6,8-9,11,16-17,19,21,24-26H2,1-5H3,(H,54,58)(H,55,60)(H,61,62)/b10-7-/t28-,29+,31+,32?,37-,38+,39-,40?,47+/m0/s1. The van der Waals surface area contributed by atoms with Crippen LogP contribution >= 0.6 is 11.3 Å². The third kappa shape index (κ3) is 10.6. The highest BCUT2D eigenvalue weighted by Gasteiger charge is 2.66. The molecule has 0 bridgehead atoms. The number of carbonyl (C=O) groups is 4. The zero-order chi connectivity index (χ0) is 49.6. The predicted molar refractivity (Wildman–Crippen MR) is 249 cm³/mol. The summed E-state index contributed by atoms with van der Waals surface area (Å²) in [7, 11) is -4.22. The van der Waals surface area contributed by atoms with E-state index in [2.05, 4.69) is 15.0 Å². The van der Waals surface area contributed by atoms with Gasteiger partial charge in [-0.3, -0.25) is 24.0 Å². The van der Waals surface area contributed by atoms with E-state index in [-0.39, 0.29) is 49.3 Å². The number of pyridine rings is 1. The molecule has 5 heterocycles. The Bertz CT molecular complexity index is 2530. The lowest BCUT2D eigenvalue weighted by Crippen LogP contribution is -2.64. The molecule has 2 saturated carbocycles. The molecule has 3 aromatic rings. The number of nitrogens with one attached hydrogen (secondary N) is 2. The molecule has 8 rings (SSSR count). The van der Waals surface area contributed by atoms with Crippen molar-refractivity contribution in [3.63, 3.8) is 0 Å². The lowest BCUT2D eigenvalue weighted by atomic mass is 9.86. The van der Waals surface area contributed by atoms with Crippen molar-refractivity contribution in [1.82, 2.24) is 29.8 Å². The summed E-state index contributed by atoms with van der Waals surface area (Å²) in [5.41, 5.74) is -0.743. The van der Waals surface area contributed by atoms with Gasteiger partial charge in [-0.25, -0.2) is 23.2 Å². The van der Waals surface area contributed by atoms with Crippen molar-refractivity contribution in [3.8, 4) is 33.5 Å². The van der Waals surface area contributed by atoms with Crippen molar-refractivity contribution < 1.29 is 60.1 Å². The first-order valence-electron chi connectivity index (χ1n) is 23.5. The number of rotatable bonds is 11. The normalized spacial score (nSPS) is 29.9. The van der Waals surface area contributed by atoms with Crippen molar-refractivity contribution in [3.05, 3.63) is 60.1 Å². The second-order valence-electron chi connectivity index (χ2n) is 19.7. The minimum atomic E-state index is -5.27. The number of thiazole rings is 1. The average molecular weight is 1000 g/mol. The maximum Gasteiger partial charge on any atom is 0.412 e. The molecule has 16 nitrogen and oxygen atoms in total. The molecule has 4 amide bonds. The highest BCUT2D eigenvalue weighted by molar-refractivity contribution is 7.91. The first-order chi connectivity index (χ1) is 32.6. The number of aromatic nitrogens is 2. The van der Waals surface area contributed by atoms with E-state index in [0.29, 0.717) is 65.6 Å². The summed E-state index contributed by atoms with van der Waals surface area (Å²) >= 11 is 1.24. The smallest absolute Gasteiger partial charge is 0.412 e. The average Bonchev–Trinajstić information content (AvgIpc) is 4.05. The Labute approximate surface area is 403 Å². The summed E-state index contributed by atoms with van der Waals surface area (Å²) in [6, 6.07) is 2.40. The number of carbonyl (C=O) groups excluding carboxylic acids is 3. The third-order valence-corrected chi connectivity index (χ3v) is 17.0. The van der Waals surface area contributed by atoms with Crippen LogP contribution in [0, 0.1) is 17.8 Å². The molecule has 0 spiro atoms. The Morgan fingerprint density at radius 1 is 1.07 bits per heavy atom. The van der Waals surface area contributed by atoms with Gasteiger partial charge in [-0.15, -0.1) is 11.3 Å². The molecular formula is C48H59F3N6O10S2. The fraction of sp³-hybridized carbons (Fsp3) is 0.583. The van der Waals surface area contributed by atoms with Gasteiger partial charge in [-0.05, 0) is 108 Å². The van der Waals surface area contributed by atoms with Gasteiger partial charge < -0.3 is 29.5 Å². The minimum absolute atomic E-state index is 0.0653. The van der Waals surface area contributed by atoms with Crippen molar-refractivity contribution in [2.24, 2.45) is 17.8 Å². The molecular weight excluding hydrogens is 942 g/mol. The van der Waals surface area contributed by atoms with Crippen LogP contribution in [0.1, 0.15) is 92.4 Å². The van der Waals surface area contributed by atoms with Crippen molar-refractivity contribution >= 4 is 45.2 Å². The highest BCUT2D eigenvalue weighted by Crippen LogP contribution is 2.49. The molecule has 2 aromatic heterocycles. The fourth-order valence-corrected chi connectivity index (χ4v) is 11.9. The van der Waals surface area contributed by atoms with Gasteiger partial charge in [0.25, 0.3) is 5.91 Å². The Balaban J connectivity index is 1.24. The minimum Gasteiger partial charge on any atom is -0.491 e. The lowest BCUT2D eigenvalue weighted by Gasteiger charge is -2.43. The van der Waals surface area contributed by atoms with Crippen LogP contribution in [0.15, 0.2) is 60.1 Å². The van der Waals surface area contributed by atoms with Crippen LogP contribution in [0.25, 0.3) is 22.0 Å². The molecule has 2 unspecified atom stereocenters. The molecule has 9 atom stereocenters. The van der Waals surface area contributed by atoms with Crippen molar-refractivity contribution in [2.75, 3.05) is 13.2 Å². The molecule has 1 aromatic carbocycles. The van der Waals surface area contributed by atoms with Gasteiger partial charge in [0.2, 0.25) is 21.8 Å². The van der Waals surface area contributed by atoms with E-state index in [1.807, 2.05) is 26.8 Å². The number of alkyl halides is 3. The Kier molecular flexibility index (Phi) is 14.2. The Morgan fingerprint density at radius 2 is 1.80 bits per heavy atom. The number of hydrogen-bond donors (Lipinski definition) is 3. The first-order valence-corrected chi connectivity index (χ1v) is 25.9. The van der Waals surface area contributed by atoms with Crippen LogP contribution < -0.4 is 19.5 Å². The molecule has 2 aliphatic carbocycles. The number of amides is 4. The van der Waals surface area contributed by atoms with E-state index in [9.17, 15) is 23.1 Å². The van der Waals surface area contributed by atoms with E-state index in [0.717, 1.165) is 4.90 Å². The quantitative estimate of drug-likeness (QED) is 0.161. The molecule has 69 heavy (non-hydrogen) atoms. The number of carboxylic acid groups (broad SMARTS) is 1. The monoisotopic (exact) mass is 1000 g/mol. The summed E-state index contributed by atoms with van der Waals surface area (Å²) < 4.78 is 94.0. The maximum absolute atomic E-state index is 16.2. The molecule has 4 fully saturated rings. The zero-order valence-electron chi connectivity index (χ0n) is 39.1. The zero-order valence-corrected chi connectivity index (χ0v) is 40.7. The number of halogens is 3. The van der Waals surface area contributed by atoms with E-state index in [4.69, 9.17) is 19.2 Å². The van der Waals surface area contributed by atoms with Gasteiger partial charge in [0.1, 0.15) is 45.9 Å². The van der Waals surface area contributed by atoms with Crippen molar-refractivity contribution in [1.29, 1.82) is 0 Å². The predicted octanol–water partition coefficient (Wildman–Crippen LogP) is 7.35. The largest absolute Gasteiger partial charge is 0.491 e. The van der Waals surface area contributed by atoms with E-state index in [1.54, 1.807) is 48.8 Å². The van der Waals surface area contributed by atoms with E-state index in [1.165, 1.54) is 30.4 Å². The van der Waals surface area contributed by atoms with Crippen LogP contribution in [0.3, 0.4) is 0 Å². The number of benzene rings is 1. The third-order valence-electron chi connectivity index (χ3n) is 14.0. The molecule has 0 radical (unpaired) electrons. The number of nitrogens with zero attached hydrogens (tertiary/aromatic N) is 4. The highest BCUT2D eigenvalue weighted by atomic mass is 32.2. The van der Waals surface area contributed by atoms with Gasteiger partial charge in [0.05, 0.1) is 29.2 Å². The van der Waals surface area contributed by atoms with Crippen LogP contribution in [0.2, 0.25) is 0 Å². The summed E-state index contributed by atoms with van der Waals surface area (Å²) in [5.74, 6) is -4.71. The Morgan fingerprint density at radius 3 is 2.42 bits per heavy atom. The summed E-state index contributed by atoms with van der Waals surface area (Å²) in [5, 5.41) is 15.7. The van der Waals surface area contributed by atoms with Gasteiger partial charge in [-0.2, -0.15) is 13.2 Å². The SMILES string of the molecule is CC(C)Oc1ccc(-c2cc(O[C@@H]3C[C@H]4C(=O)N[C@]5(C(=O)NS(=O)(=O)C6(C)CC6)C[C@H]5/C=C\CC[C@H](C)C[C@@H](C)[C@H](N(C(=O)O)C5CCCOC5)C(=O)N4C3C(F)(F)F)cc(-c3nccs3)n2)cc1. The van der Waals surface area contributed by atoms with E-state index >= 15 is 22.8 Å². The molecule has 2 saturated heterocycles. The molecule has 3 N–H and O–H groups in total. The first kappa shape index (κ1) is 50.1. The van der Waals surface area contributed by atoms with Crippen LogP contribution in [-0.4, -0.2) is 123 Å². The maximum atomic E-state index is 16.2. The topological polar surface area (TPSA) is 207 Å². The number of sulfonamides is 1.